The van der Waals surface area contributed by atoms with Gasteiger partial charge in [-0.05, 0) is 42.5 Å². The maximum absolute atomic E-state index is 12.9. The maximum Gasteiger partial charge on any atom is 0.277 e. The van der Waals surface area contributed by atoms with Gasteiger partial charge in [0.25, 0.3) is 5.22 Å². The third-order valence-electron chi connectivity index (χ3n) is 3.10. The van der Waals surface area contributed by atoms with E-state index in [1.807, 2.05) is 6.07 Å². The van der Waals surface area contributed by atoms with Gasteiger partial charge in [0, 0.05) is 11.3 Å². The number of benzene rings is 2. The Morgan fingerprint density at radius 2 is 2.04 bits per heavy atom. The second-order valence-electron chi connectivity index (χ2n) is 4.91. The molecule has 0 bridgehead atoms. The molecule has 0 saturated carbocycles. The average Bonchev–Trinajstić information content (AvgIpc) is 3.10. The molecular formula is C17H11FN4O2S. The molecule has 0 fully saturated rings. The molecule has 0 saturated heterocycles. The topological polar surface area (TPSA) is 91.8 Å². The zero-order valence-electron chi connectivity index (χ0n) is 12.8. The van der Waals surface area contributed by atoms with Crippen LogP contribution in [0.15, 0.2) is 58.2 Å². The number of nitriles is 1. The van der Waals surface area contributed by atoms with Crippen LogP contribution in [-0.4, -0.2) is 21.9 Å². The van der Waals surface area contributed by atoms with Crippen molar-refractivity contribution in [2.75, 3.05) is 11.1 Å². The first-order chi connectivity index (χ1) is 12.1. The number of carbonyl (C=O) groups is 1. The summed E-state index contributed by atoms with van der Waals surface area (Å²) < 4.78 is 18.4. The smallest absolute Gasteiger partial charge is 0.277 e. The lowest BCUT2D eigenvalue weighted by molar-refractivity contribution is -0.113. The highest BCUT2D eigenvalue weighted by molar-refractivity contribution is 7.99. The minimum absolute atomic E-state index is 0.0713. The van der Waals surface area contributed by atoms with Crippen molar-refractivity contribution in [2.45, 2.75) is 5.22 Å². The number of rotatable bonds is 5. The normalized spacial score (nSPS) is 10.2. The first-order valence-corrected chi connectivity index (χ1v) is 8.15. The molecule has 1 N–H and O–H groups in total. The van der Waals surface area contributed by atoms with Crippen LogP contribution in [-0.2, 0) is 4.79 Å². The van der Waals surface area contributed by atoms with E-state index < -0.39 is 0 Å². The molecular weight excluding hydrogens is 343 g/mol. The Kier molecular flexibility index (Phi) is 5.06. The van der Waals surface area contributed by atoms with Crippen LogP contribution in [0.4, 0.5) is 10.1 Å². The SMILES string of the molecule is N#Cc1cccc(NC(=O)CSc2nnc(-c3ccc(F)cc3)o2)c1. The van der Waals surface area contributed by atoms with Crippen LogP contribution in [0.2, 0.25) is 0 Å². The lowest BCUT2D eigenvalue weighted by Gasteiger charge is -2.03. The van der Waals surface area contributed by atoms with E-state index in [-0.39, 0.29) is 28.6 Å². The van der Waals surface area contributed by atoms with Gasteiger partial charge in [-0.2, -0.15) is 5.26 Å². The van der Waals surface area contributed by atoms with Crippen molar-refractivity contribution >= 4 is 23.4 Å². The molecule has 6 nitrogen and oxygen atoms in total. The fourth-order valence-electron chi connectivity index (χ4n) is 1.97. The fourth-order valence-corrected chi connectivity index (χ4v) is 2.53. The van der Waals surface area contributed by atoms with E-state index in [1.54, 1.807) is 24.3 Å². The van der Waals surface area contributed by atoms with Crippen LogP contribution < -0.4 is 5.32 Å². The lowest BCUT2D eigenvalue weighted by atomic mass is 10.2. The van der Waals surface area contributed by atoms with Crippen LogP contribution in [0.1, 0.15) is 5.56 Å². The molecule has 1 heterocycles. The summed E-state index contributed by atoms with van der Waals surface area (Å²) in [6, 6.07) is 14.3. The Balaban J connectivity index is 1.57. The third-order valence-corrected chi connectivity index (χ3v) is 3.92. The van der Waals surface area contributed by atoms with E-state index in [0.717, 1.165) is 11.8 Å². The minimum atomic E-state index is -0.352. The number of nitrogens with zero attached hydrogens (tertiary/aromatic N) is 3. The van der Waals surface area contributed by atoms with Gasteiger partial charge < -0.3 is 9.73 Å². The molecule has 0 aliphatic carbocycles. The zero-order valence-corrected chi connectivity index (χ0v) is 13.6. The zero-order chi connectivity index (χ0) is 17.6. The van der Waals surface area contributed by atoms with Gasteiger partial charge in [-0.25, -0.2) is 4.39 Å². The Morgan fingerprint density at radius 1 is 1.24 bits per heavy atom. The average molecular weight is 354 g/mol. The van der Waals surface area contributed by atoms with Gasteiger partial charge in [-0.3, -0.25) is 4.79 Å². The van der Waals surface area contributed by atoms with Crippen LogP contribution in [0.3, 0.4) is 0 Å². The standard InChI is InChI=1S/C17H11FN4O2S/c18-13-6-4-12(5-7-13)16-21-22-17(24-16)25-10-15(23)20-14-3-1-2-11(8-14)9-19/h1-8H,10H2,(H,20,23). The van der Waals surface area contributed by atoms with Gasteiger partial charge in [-0.15, -0.1) is 10.2 Å². The largest absolute Gasteiger partial charge is 0.411 e. The Labute approximate surface area is 146 Å². The van der Waals surface area contributed by atoms with Crippen LogP contribution >= 0.6 is 11.8 Å². The summed E-state index contributed by atoms with van der Waals surface area (Å²) in [7, 11) is 0. The molecule has 0 spiro atoms. The van der Waals surface area contributed by atoms with Crippen LogP contribution in [0, 0.1) is 17.1 Å². The number of aromatic nitrogens is 2. The molecule has 0 aliphatic rings. The van der Waals surface area contributed by atoms with Crippen molar-refractivity contribution in [3.05, 3.63) is 59.9 Å². The molecule has 3 rings (SSSR count). The van der Waals surface area contributed by atoms with Crippen molar-refractivity contribution in [2.24, 2.45) is 0 Å². The molecule has 0 aliphatic heterocycles. The monoisotopic (exact) mass is 354 g/mol. The van der Waals surface area contributed by atoms with Crippen molar-refractivity contribution in [1.82, 2.24) is 10.2 Å². The maximum atomic E-state index is 12.9. The van der Waals surface area contributed by atoms with Crippen LogP contribution in [0.25, 0.3) is 11.5 Å². The van der Waals surface area contributed by atoms with E-state index >= 15 is 0 Å². The van der Waals surface area contributed by atoms with Gasteiger partial charge in [0.05, 0.1) is 17.4 Å². The predicted octanol–water partition coefficient (Wildman–Crippen LogP) is 3.48. The number of hydrogen-bond donors (Lipinski definition) is 1. The Bertz CT molecular complexity index is 934. The number of carbonyl (C=O) groups excluding carboxylic acids is 1. The molecule has 1 aromatic heterocycles. The van der Waals surface area contributed by atoms with Crippen molar-refractivity contribution in [3.63, 3.8) is 0 Å². The second-order valence-corrected chi connectivity index (χ2v) is 5.84. The molecule has 0 radical (unpaired) electrons. The predicted molar refractivity (Wildman–Crippen MR) is 90.2 cm³/mol. The fraction of sp³-hybridized carbons (Fsp3) is 0.0588. The van der Waals surface area contributed by atoms with Crippen molar-refractivity contribution in [3.8, 4) is 17.5 Å². The number of hydrogen-bond acceptors (Lipinski definition) is 6. The minimum Gasteiger partial charge on any atom is -0.411 e. The summed E-state index contributed by atoms with van der Waals surface area (Å²) in [6.07, 6.45) is 0. The highest BCUT2D eigenvalue weighted by atomic mass is 32.2. The highest BCUT2D eigenvalue weighted by Crippen LogP contribution is 2.23. The molecule has 1 amide bonds. The number of thioether (sulfide) groups is 1. The molecule has 2 aromatic carbocycles. The Hall–Kier alpha value is -3.18. The molecule has 8 heteroatoms. The lowest BCUT2D eigenvalue weighted by Crippen LogP contribution is -2.14. The van der Waals surface area contributed by atoms with Gasteiger partial charge in [0.1, 0.15) is 5.82 Å². The molecule has 3 aromatic rings. The summed E-state index contributed by atoms with van der Waals surface area (Å²) in [5.41, 5.74) is 1.60. The molecule has 124 valence electrons. The van der Waals surface area contributed by atoms with Gasteiger partial charge >= 0.3 is 0 Å². The highest BCUT2D eigenvalue weighted by Gasteiger charge is 2.11. The summed E-state index contributed by atoms with van der Waals surface area (Å²) in [6.45, 7) is 0. The first-order valence-electron chi connectivity index (χ1n) is 7.16. The van der Waals surface area contributed by atoms with Gasteiger partial charge in [0.15, 0.2) is 0 Å². The summed E-state index contributed by atoms with van der Waals surface area (Å²) in [5.74, 6) is -0.289. The number of amides is 1. The van der Waals surface area contributed by atoms with E-state index in [1.165, 1.54) is 24.3 Å². The molecule has 0 atom stereocenters. The quantitative estimate of drug-likeness (QED) is 0.705. The van der Waals surface area contributed by atoms with Crippen LogP contribution in [0.5, 0.6) is 0 Å². The number of halogens is 1. The summed E-state index contributed by atoms with van der Waals surface area (Å²) in [4.78, 5) is 12.0. The van der Waals surface area contributed by atoms with E-state index in [0.29, 0.717) is 16.8 Å². The second kappa shape index (κ2) is 7.59. The number of nitrogens with one attached hydrogen (secondary N) is 1. The van der Waals surface area contributed by atoms with Crippen molar-refractivity contribution < 1.29 is 13.6 Å². The van der Waals surface area contributed by atoms with E-state index in [2.05, 4.69) is 15.5 Å². The van der Waals surface area contributed by atoms with Gasteiger partial charge in [0.2, 0.25) is 11.8 Å². The van der Waals surface area contributed by atoms with Crippen molar-refractivity contribution in [1.29, 1.82) is 5.26 Å². The molecule has 25 heavy (non-hydrogen) atoms. The van der Waals surface area contributed by atoms with E-state index in [4.69, 9.17) is 9.68 Å². The summed E-state index contributed by atoms with van der Waals surface area (Å²) in [5, 5.41) is 19.5. The summed E-state index contributed by atoms with van der Waals surface area (Å²) >= 11 is 1.08. The van der Waals surface area contributed by atoms with Gasteiger partial charge in [-0.1, -0.05) is 17.8 Å². The van der Waals surface area contributed by atoms with E-state index in [9.17, 15) is 9.18 Å². The first kappa shape index (κ1) is 16.7. The third kappa shape index (κ3) is 4.43. The number of anilines is 1. The Morgan fingerprint density at radius 3 is 2.80 bits per heavy atom. The molecule has 0 unspecified atom stereocenters.